The van der Waals surface area contributed by atoms with Crippen LogP contribution in [0, 0.1) is 0 Å². The molecule has 0 aliphatic carbocycles. The fourth-order valence-corrected chi connectivity index (χ4v) is 1.32. The molecule has 1 aromatic rings. The van der Waals surface area contributed by atoms with Crippen LogP contribution in [0.15, 0.2) is 22.8 Å². The Morgan fingerprint density at radius 2 is 2.07 bits per heavy atom. The van der Waals surface area contributed by atoms with Crippen molar-refractivity contribution >= 4 is 15.9 Å². The van der Waals surface area contributed by atoms with Crippen LogP contribution in [0.3, 0.4) is 0 Å². The van der Waals surface area contributed by atoms with Gasteiger partial charge in [0.25, 0.3) is 0 Å². The second-order valence-electron chi connectivity index (χ2n) is 3.00. The molecule has 0 radical (unpaired) electrons. The minimum absolute atomic E-state index is 0.832. The van der Waals surface area contributed by atoms with Crippen LogP contribution in [0.25, 0.3) is 0 Å². The molecule has 0 fully saturated rings. The number of nitrogens with zero attached hydrogens (tertiary/aromatic N) is 1. The molecule has 0 bridgehead atoms. The van der Waals surface area contributed by atoms with Crippen molar-refractivity contribution < 1.29 is 0 Å². The summed E-state index contributed by atoms with van der Waals surface area (Å²) in [6.45, 7) is 5.95. The van der Waals surface area contributed by atoms with E-state index in [4.69, 9.17) is 0 Å². The van der Waals surface area contributed by atoms with Crippen LogP contribution in [-0.4, -0.2) is 24.6 Å². The van der Waals surface area contributed by atoms with Gasteiger partial charge in [0, 0.05) is 30.3 Å². The van der Waals surface area contributed by atoms with E-state index in [1.54, 1.807) is 0 Å². The smallest absolute Gasteiger partial charge is 0.0542 e. The van der Waals surface area contributed by atoms with E-state index in [-0.39, 0.29) is 0 Å². The number of rotatable bonds is 6. The first-order valence-electron chi connectivity index (χ1n) is 4.85. The fourth-order valence-electron chi connectivity index (χ4n) is 1.08. The van der Waals surface area contributed by atoms with Crippen molar-refractivity contribution in [3.05, 3.63) is 28.5 Å². The van der Waals surface area contributed by atoms with Crippen LogP contribution in [0.1, 0.15) is 12.6 Å². The molecule has 0 atom stereocenters. The molecule has 0 unspecified atom stereocenters. The highest BCUT2D eigenvalue weighted by molar-refractivity contribution is 9.10. The molecule has 0 aromatic carbocycles. The average molecular weight is 258 g/mol. The highest BCUT2D eigenvalue weighted by Crippen LogP contribution is 2.06. The van der Waals surface area contributed by atoms with Gasteiger partial charge in [-0.3, -0.25) is 4.98 Å². The van der Waals surface area contributed by atoms with Gasteiger partial charge in [0.15, 0.2) is 0 Å². The topological polar surface area (TPSA) is 37.0 Å². The van der Waals surface area contributed by atoms with E-state index in [0.29, 0.717) is 0 Å². The molecule has 0 amide bonds. The van der Waals surface area contributed by atoms with Crippen LogP contribution >= 0.6 is 15.9 Å². The molecule has 0 aliphatic rings. The summed E-state index contributed by atoms with van der Waals surface area (Å²) in [6.07, 6.45) is 1.82. The summed E-state index contributed by atoms with van der Waals surface area (Å²) in [5.74, 6) is 0. The third kappa shape index (κ3) is 4.69. The van der Waals surface area contributed by atoms with Crippen LogP contribution < -0.4 is 10.6 Å². The van der Waals surface area contributed by atoms with E-state index in [2.05, 4.69) is 38.5 Å². The van der Waals surface area contributed by atoms with Gasteiger partial charge in [-0.2, -0.15) is 0 Å². The SMILES string of the molecule is CCNCCNCc1ccc(Br)cn1. The molecule has 3 nitrogen and oxygen atoms in total. The van der Waals surface area contributed by atoms with Crippen molar-refractivity contribution in [3.8, 4) is 0 Å². The highest BCUT2D eigenvalue weighted by Gasteiger charge is 1.93. The molecule has 1 aromatic heterocycles. The lowest BCUT2D eigenvalue weighted by Gasteiger charge is -2.04. The number of aromatic nitrogens is 1. The van der Waals surface area contributed by atoms with E-state index < -0.39 is 0 Å². The van der Waals surface area contributed by atoms with E-state index in [1.165, 1.54) is 0 Å². The molecule has 0 saturated carbocycles. The standard InChI is InChI=1S/C10H16BrN3/c1-2-12-5-6-13-8-10-4-3-9(11)7-14-10/h3-4,7,12-13H,2,5-6,8H2,1H3. The second kappa shape index (κ2) is 6.92. The number of hydrogen-bond donors (Lipinski definition) is 2. The first kappa shape index (κ1) is 11.6. The van der Waals surface area contributed by atoms with Gasteiger partial charge < -0.3 is 10.6 Å². The number of nitrogens with one attached hydrogen (secondary N) is 2. The van der Waals surface area contributed by atoms with Crippen molar-refractivity contribution in [2.45, 2.75) is 13.5 Å². The van der Waals surface area contributed by atoms with Gasteiger partial charge in [0.2, 0.25) is 0 Å². The lowest BCUT2D eigenvalue weighted by Crippen LogP contribution is -2.26. The summed E-state index contributed by atoms with van der Waals surface area (Å²) in [5.41, 5.74) is 1.07. The molecule has 1 heterocycles. The quantitative estimate of drug-likeness (QED) is 0.760. The number of hydrogen-bond acceptors (Lipinski definition) is 3. The Labute approximate surface area is 93.4 Å². The Bertz CT molecular complexity index is 248. The fraction of sp³-hybridized carbons (Fsp3) is 0.500. The highest BCUT2D eigenvalue weighted by atomic mass is 79.9. The molecule has 4 heteroatoms. The molecular formula is C10H16BrN3. The lowest BCUT2D eigenvalue weighted by atomic mass is 10.3. The summed E-state index contributed by atoms with van der Waals surface area (Å²) in [6, 6.07) is 4.03. The molecule has 0 aliphatic heterocycles. The van der Waals surface area contributed by atoms with Gasteiger partial charge in [0.05, 0.1) is 5.69 Å². The Kier molecular flexibility index (Phi) is 5.75. The molecule has 14 heavy (non-hydrogen) atoms. The Balaban J connectivity index is 2.15. The van der Waals surface area contributed by atoms with Gasteiger partial charge in [0.1, 0.15) is 0 Å². The van der Waals surface area contributed by atoms with Crippen molar-refractivity contribution in [1.82, 2.24) is 15.6 Å². The second-order valence-corrected chi connectivity index (χ2v) is 3.91. The largest absolute Gasteiger partial charge is 0.316 e. The van der Waals surface area contributed by atoms with Gasteiger partial charge in [-0.05, 0) is 34.6 Å². The van der Waals surface area contributed by atoms with E-state index >= 15 is 0 Å². The zero-order valence-electron chi connectivity index (χ0n) is 8.39. The minimum atomic E-state index is 0.832. The molecular weight excluding hydrogens is 242 g/mol. The van der Waals surface area contributed by atoms with Gasteiger partial charge in [-0.15, -0.1) is 0 Å². The number of halogens is 1. The van der Waals surface area contributed by atoms with Crippen molar-refractivity contribution in [3.63, 3.8) is 0 Å². The van der Waals surface area contributed by atoms with E-state index in [1.807, 2.05) is 18.3 Å². The number of likely N-dealkylation sites (N-methyl/N-ethyl adjacent to an activating group) is 1. The third-order valence-corrected chi connectivity index (χ3v) is 2.29. The molecule has 0 saturated heterocycles. The van der Waals surface area contributed by atoms with Crippen LogP contribution in [0.5, 0.6) is 0 Å². The Morgan fingerprint density at radius 1 is 1.29 bits per heavy atom. The summed E-state index contributed by atoms with van der Waals surface area (Å²) in [4.78, 5) is 4.27. The summed E-state index contributed by atoms with van der Waals surface area (Å²) in [7, 11) is 0. The Hall–Kier alpha value is -0.450. The average Bonchev–Trinajstić information content (AvgIpc) is 2.21. The normalized spacial score (nSPS) is 10.4. The van der Waals surface area contributed by atoms with Crippen LogP contribution in [0.4, 0.5) is 0 Å². The molecule has 78 valence electrons. The maximum atomic E-state index is 4.27. The van der Waals surface area contributed by atoms with Crippen molar-refractivity contribution in [2.75, 3.05) is 19.6 Å². The van der Waals surface area contributed by atoms with E-state index in [0.717, 1.165) is 36.3 Å². The maximum absolute atomic E-state index is 4.27. The van der Waals surface area contributed by atoms with Crippen molar-refractivity contribution in [1.29, 1.82) is 0 Å². The summed E-state index contributed by atoms with van der Waals surface area (Å²) >= 11 is 3.35. The van der Waals surface area contributed by atoms with Crippen LogP contribution in [-0.2, 0) is 6.54 Å². The zero-order chi connectivity index (χ0) is 10.2. The Morgan fingerprint density at radius 3 is 2.71 bits per heavy atom. The maximum Gasteiger partial charge on any atom is 0.0542 e. The van der Waals surface area contributed by atoms with Gasteiger partial charge >= 0.3 is 0 Å². The summed E-state index contributed by atoms with van der Waals surface area (Å²) < 4.78 is 1.02. The first-order valence-corrected chi connectivity index (χ1v) is 5.64. The van der Waals surface area contributed by atoms with Gasteiger partial charge in [-0.1, -0.05) is 6.92 Å². The lowest BCUT2D eigenvalue weighted by molar-refractivity contribution is 0.619. The minimum Gasteiger partial charge on any atom is -0.316 e. The molecule has 2 N–H and O–H groups in total. The monoisotopic (exact) mass is 257 g/mol. The zero-order valence-corrected chi connectivity index (χ0v) is 9.97. The van der Waals surface area contributed by atoms with Gasteiger partial charge in [-0.25, -0.2) is 0 Å². The summed E-state index contributed by atoms with van der Waals surface area (Å²) in [5, 5.41) is 6.57. The predicted octanol–water partition coefficient (Wildman–Crippen LogP) is 1.54. The third-order valence-electron chi connectivity index (χ3n) is 1.82. The molecule has 0 spiro atoms. The van der Waals surface area contributed by atoms with Crippen LogP contribution in [0.2, 0.25) is 0 Å². The van der Waals surface area contributed by atoms with Crippen molar-refractivity contribution in [2.24, 2.45) is 0 Å². The molecule has 1 rings (SSSR count). The first-order chi connectivity index (χ1) is 6.83. The van der Waals surface area contributed by atoms with E-state index in [9.17, 15) is 0 Å². The number of pyridine rings is 1. The predicted molar refractivity (Wildman–Crippen MR) is 62.2 cm³/mol.